The molecule has 0 radical (unpaired) electrons. The summed E-state index contributed by atoms with van der Waals surface area (Å²) in [5.41, 5.74) is 6.75. The lowest BCUT2D eigenvalue weighted by Crippen LogP contribution is -2.04. The minimum absolute atomic E-state index is 0.0597. The zero-order valence-corrected chi connectivity index (χ0v) is 9.06. The average Bonchev–Trinajstić information content (AvgIpc) is 1.94. The van der Waals surface area contributed by atoms with Crippen molar-refractivity contribution in [3.63, 3.8) is 0 Å². The highest BCUT2D eigenvalue weighted by Gasteiger charge is 2.01. The molecule has 0 aliphatic heterocycles. The Labute approximate surface area is 85.1 Å². The Morgan fingerprint density at radius 2 is 2.18 bits per heavy atom. The van der Waals surface area contributed by atoms with Gasteiger partial charge in [-0.25, -0.2) is 0 Å². The molecule has 2 N–H and O–H groups in total. The fourth-order valence-electron chi connectivity index (χ4n) is 0.796. The van der Waals surface area contributed by atoms with Crippen molar-refractivity contribution in [2.24, 2.45) is 5.73 Å². The Morgan fingerprint density at radius 1 is 1.55 bits per heavy atom. The number of nitrogens with two attached hydrogens (primary N) is 1. The molecule has 1 atom stereocenters. The first kappa shape index (κ1) is 9.29. The van der Waals surface area contributed by atoms with E-state index in [1.807, 2.05) is 25.1 Å². The van der Waals surface area contributed by atoms with Gasteiger partial charge in [0.05, 0.1) is 5.02 Å². The molecule has 0 aliphatic rings. The summed E-state index contributed by atoms with van der Waals surface area (Å²) in [6.45, 7) is 1.94. The predicted octanol–water partition coefficient (Wildman–Crippen LogP) is 2.96. The third kappa shape index (κ3) is 2.32. The zero-order chi connectivity index (χ0) is 8.43. The van der Waals surface area contributed by atoms with E-state index in [-0.39, 0.29) is 6.04 Å². The lowest BCUT2D eigenvalue weighted by molar-refractivity contribution is 0.818. The van der Waals surface area contributed by atoms with Crippen LogP contribution in [-0.4, -0.2) is 0 Å². The summed E-state index contributed by atoms with van der Waals surface area (Å²) in [5.74, 6) is 0. The Morgan fingerprint density at radius 3 is 2.64 bits per heavy atom. The molecular formula is C8H9ClIN. The minimum Gasteiger partial charge on any atom is -0.324 e. The average molecular weight is 282 g/mol. The van der Waals surface area contributed by atoms with Gasteiger partial charge in [0.1, 0.15) is 0 Å². The summed E-state index contributed by atoms with van der Waals surface area (Å²) in [7, 11) is 0. The van der Waals surface area contributed by atoms with Crippen molar-refractivity contribution in [1.29, 1.82) is 0 Å². The van der Waals surface area contributed by atoms with Crippen LogP contribution >= 0.6 is 34.2 Å². The van der Waals surface area contributed by atoms with Gasteiger partial charge in [0.15, 0.2) is 0 Å². The fourth-order valence-corrected chi connectivity index (χ4v) is 1.32. The van der Waals surface area contributed by atoms with Gasteiger partial charge in [-0.1, -0.05) is 17.7 Å². The van der Waals surface area contributed by atoms with Crippen LogP contribution in [0.3, 0.4) is 0 Å². The van der Waals surface area contributed by atoms with E-state index >= 15 is 0 Å². The van der Waals surface area contributed by atoms with Crippen molar-refractivity contribution in [2.75, 3.05) is 0 Å². The zero-order valence-electron chi connectivity index (χ0n) is 6.14. The molecule has 0 unspecified atom stereocenters. The summed E-state index contributed by atoms with van der Waals surface area (Å²) in [5, 5.41) is 0.778. The van der Waals surface area contributed by atoms with Crippen LogP contribution in [0.25, 0.3) is 0 Å². The smallest absolute Gasteiger partial charge is 0.0542 e. The standard InChI is InChI=1S/C8H9ClIN/c1-5(11)6-2-3-8(10)7(9)4-6/h2-5H,11H2,1H3/t5-/m0/s1. The molecule has 1 aromatic carbocycles. The number of benzene rings is 1. The van der Waals surface area contributed by atoms with Crippen molar-refractivity contribution in [3.8, 4) is 0 Å². The molecule has 60 valence electrons. The molecule has 0 bridgehead atoms. The Kier molecular flexibility index (Phi) is 3.16. The molecule has 3 heteroatoms. The van der Waals surface area contributed by atoms with Gasteiger partial charge < -0.3 is 5.73 Å². The van der Waals surface area contributed by atoms with Crippen LogP contribution in [0.1, 0.15) is 18.5 Å². The largest absolute Gasteiger partial charge is 0.324 e. The first-order valence-corrected chi connectivity index (χ1v) is 4.77. The highest BCUT2D eigenvalue weighted by molar-refractivity contribution is 14.1. The summed E-state index contributed by atoms with van der Waals surface area (Å²) in [4.78, 5) is 0. The molecule has 1 rings (SSSR count). The maximum atomic E-state index is 5.89. The molecule has 0 amide bonds. The first-order chi connectivity index (χ1) is 5.11. The summed E-state index contributed by atoms with van der Waals surface area (Å²) >= 11 is 8.09. The van der Waals surface area contributed by atoms with Crippen molar-refractivity contribution in [2.45, 2.75) is 13.0 Å². The topological polar surface area (TPSA) is 26.0 Å². The van der Waals surface area contributed by atoms with Gasteiger partial charge in [0.2, 0.25) is 0 Å². The SMILES string of the molecule is C[C@H](N)c1ccc(I)c(Cl)c1. The molecule has 0 heterocycles. The van der Waals surface area contributed by atoms with Gasteiger partial charge in [-0.2, -0.15) is 0 Å². The van der Waals surface area contributed by atoms with Crippen LogP contribution in [0.2, 0.25) is 5.02 Å². The number of hydrogen-bond donors (Lipinski definition) is 1. The van der Waals surface area contributed by atoms with Crippen LogP contribution in [0.5, 0.6) is 0 Å². The molecule has 1 aromatic rings. The summed E-state index contributed by atoms with van der Waals surface area (Å²) in [6.07, 6.45) is 0. The van der Waals surface area contributed by atoms with Gasteiger partial charge in [0, 0.05) is 9.61 Å². The normalized spacial score (nSPS) is 13.1. The van der Waals surface area contributed by atoms with Crippen LogP contribution in [0.15, 0.2) is 18.2 Å². The maximum absolute atomic E-state index is 5.89. The minimum atomic E-state index is 0.0597. The van der Waals surface area contributed by atoms with Gasteiger partial charge in [-0.05, 0) is 47.2 Å². The fraction of sp³-hybridized carbons (Fsp3) is 0.250. The highest BCUT2D eigenvalue weighted by atomic mass is 127. The second kappa shape index (κ2) is 3.74. The van der Waals surface area contributed by atoms with Gasteiger partial charge in [-0.3, -0.25) is 0 Å². The van der Waals surface area contributed by atoms with E-state index in [1.54, 1.807) is 0 Å². The summed E-state index contributed by atoms with van der Waals surface area (Å²) in [6, 6.07) is 5.94. The first-order valence-electron chi connectivity index (χ1n) is 3.32. The molecule has 0 aromatic heterocycles. The summed E-state index contributed by atoms with van der Waals surface area (Å²) < 4.78 is 1.06. The lowest BCUT2D eigenvalue weighted by Gasteiger charge is -2.05. The Balaban J connectivity index is 3.05. The molecular weight excluding hydrogens is 272 g/mol. The number of rotatable bonds is 1. The quantitative estimate of drug-likeness (QED) is 0.787. The lowest BCUT2D eigenvalue weighted by atomic mass is 10.1. The van der Waals surface area contributed by atoms with E-state index in [4.69, 9.17) is 17.3 Å². The van der Waals surface area contributed by atoms with E-state index in [0.29, 0.717) is 0 Å². The van der Waals surface area contributed by atoms with Crippen LogP contribution in [0, 0.1) is 3.57 Å². The molecule has 0 saturated heterocycles. The Hall–Kier alpha value is 0.200. The van der Waals surface area contributed by atoms with Gasteiger partial charge in [-0.15, -0.1) is 0 Å². The predicted molar refractivity (Wildman–Crippen MR) is 56.8 cm³/mol. The van der Waals surface area contributed by atoms with E-state index in [2.05, 4.69) is 22.6 Å². The van der Waals surface area contributed by atoms with Crippen LogP contribution < -0.4 is 5.73 Å². The van der Waals surface area contributed by atoms with Gasteiger partial charge in [0.25, 0.3) is 0 Å². The molecule has 0 aliphatic carbocycles. The Bertz CT molecular complexity index is 260. The molecule has 0 saturated carbocycles. The molecule has 0 spiro atoms. The monoisotopic (exact) mass is 281 g/mol. The molecule has 1 nitrogen and oxygen atoms in total. The van der Waals surface area contributed by atoms with E-state index < -0.39 is 0 Å². The van der Waals surface area contributed by atoms with Crippen molar-refractivity contribution < 1.29 is 0 Å². The van der Waals surface area contributed by atoms with Crippen molar-refractivity contribution in [1.82, 2.24) is 0 Å². The van der Waals surface area contributed by atoms with Crippen LogP contribution in [0.4, 0.5) is 0 Å². The van der Waals surface area contributed by atoms with E-state index in [9.17, 15) is 0 Å². The molecule has 11 heavy (non-hydrogen) atoms. The number of halogens is 2. The van der Waals surface area contributed by atoms with Crippen molar-refractivity contribution in [3.05, 3.63) is 32.4 Å². The highest BCUT2D eigenvalue weighted by Crippen LogP contribution is 2.21. The second-order valence-electron chi connectivity index (χ2n) is 2.46. The number of hydrogen-bond acceptors (Lipinski definition) is 1. The third-order valence-corrected chi connectivity index (χ3v) is 3.04. The maximum Gasteiger partial charge on any atom is 0.0542 e. The third-order valence-electron chi connectivity index (χ3n) is 1.47. The van der Waals surface area contributed by atoms with Crippen molar-refractivity contribution >= 4 is 34.2 Å². The van der Waals surface area contributed by atoms with E-state index in [1.165, 1.54) is 0 Å². The second-order valence-corrected chi connectivity index (χ2v) is 4.03. The van der Waals surface area contributed by atoms with Gasteiger partial charge >= 0.3 is 0 Å². The van der Waals surface area contributed by atoms with E-state index in [0.717, 1.165) is 14.2 Å². The molecule has 0 fully saturated rings. The van der Waals surface area contributed by atoms with Crippen LogP contribution in [-0.2, 0) is 0 Å².